The normalized spacial score (nSPS) is 20.3. The summed E-state index contributed by atoms with van der Waals surface area (Å²) >= 11 is 1.61. The number of hydrogen-bond donors (Lipinski definition) is 1. The number of carboxylic acids is 1. The molecular formula is C18H20FNO2S. The molecule has 2 aromatic rings. The van der Waals surface area contributed by atoms with Crippen LogP contribution in [-0.4, -0.2) is 28.6 Å². The van der Waals surface area contributed by atoms with Crippen molar-refractivity contribution in [3.8, 4) is 0 Å². The van der Waals surface area contributed by atoms with Crippen LogP contribution in [0.5, 0.6) is 0 Å². The molecule has 1 aromatic heterocycles. The Morgan fingerprint density at radius 2 is 2.22 bits per heavy atom. The fraction of sp³-hybridized carbons (Fsp3) is 0.389. The highest BCUT2D eigenvalue weighted by atomic mass is 32.1. The number of piperidine rings is 1. The highest BCUT2D eigenvalue weighted by Gasteiger charge is 2.35. The predicted molar refractivity (Wildman–Crippen MR) is 89.3 cm³/mol. The fourth-order valence-corrected chi connectivity index (χ4v) is 4.37. The first-order chi connectivity index (χ1) is 11.1. The molecule has 1 aliphatic heterocycles. The molecule has 1 fully saturated rings. The van der Waals surface area contributed by atoms with E-state index in [4.69, 9.17) is 0 Å². The molecule has 122 valence electrons. The van der Waals surface area contributed by atoms with Crippen LogP contribution in [0.1, 0.15) is 41.3 Å². The largest absolute Gasteiger partial charge is 0.480 e. The van der Waals surface area contributed by atoms with Gasteiger partial charge in [-0.05, 0) is 61.0 Å². The van der Waals surface area contributed by atoms with Crippen LogP contribution in [0.25, 0.3) is 0 Å². The van der Waals surface area contributed by atoms with Gasteiger partial charge in [-0.2, -0.15) is 0 Å². The molecule has 0 spiro atoms. The first kappa shape index (κ1) is 16.1. The third-order valence-corrected chi connectivity index (χ3v) is 5.45. The fourth-order valence-electron chi connectivity index (χ4n) is 3.32. The van der Waals surface area contributed by atoms with Gasteiger partial charge in [0.05, 0.1) is 6.04 Å². The SMILES string of the molecule is Cc1csc(C(c2cccc(F)c2)N2CCCCC2C(=O)O)c1. The number of nitrogens with zero attached hydrogens (tertiary/aromatic N) is 1. The molecule has 1 aromatic carbocycles. The van der Waals surface area contributed by atoms with Crippen molar-refractivity contribution in [1.82, 2.24) is 4.90 Å². The van der Waals surface area contributed by atoms with Gasteiger partial charge in [0.15, 0.2) is 0 Å². The summed E-state index contributed by atoms with van der Waals surface area (Å²) in [4.78, 5) is 14.8. The van der Waals surface area contributed by atoms with Crippen molar-refractivity contribution in [2.45, 2.75) is 38.3 Å². The molecule has 3 nitrogen and oxygen atoms in total. The first-order valence-electron chi connectivity index (χ1n) is 7.85. The maximum atomic E-state index is 13.7. The van der Waals surface area contributed by atoms with Gasteiger partial charge in [-0.3, -0.25) is 9.69 Å². The molecule has 2 atom stereocenters. The Morgan fingerprint density at radius 1 is 1.39 bits per heavy atom. The predicted octanol–water partition coefficient (Wildman–Crippen LogP) is 4.22. The summed E-state index contributed by atoms with van der Waals surface area (Å²) in [6, 6.07) is 7.88. The average Bonchev–Trinajstić information content (AvgIpc) is 2.94. The van der Waals surface area contributed by atoms with E-state index in [1.54, 1.807) is 17.4 Å². The summed E-state index contributed by atoms with van der Waals surface area (Å²) < 4.78 is 13.7. The monoisotopic (exact) mass is 333 g/mol. The van der Waals surface area contributed by atoms with Crippen LogP contribution in [0.15, 0.2) is 35.7 Å². The zero-order chi connectivity index (χ0) is 16.4. The number of hydrogen-bond acceptors (Lipinski definition) is 3. The summed E-state index contributed by atoms with van der Waals surface area (Å²) in [5.74, 6) is -1.08. The van der Waals surface area contributed by atoms with Gasteiger partial charge >= 0.3 is 5.97 Å². The summed E-state index contributed by atoms with van der Waals surface area (Å²) in [5, 5.41) is 11.7. The average molecular weight is 333 g/mol. The Hall–Kier alpha value is -1.72. The Bertz CT molecular complexity index is 700. The highest BCUT2D eigenvalue weighted by molar-refractivity contribution is 7.10. The van der Waals surface area contributed by atoms with E-state index in [1.165, 1.54) is 12.1 Å². The Kier molecular flexibility index (Phi) is 4.78. The molecule has 5 heteroatoms. The highest BCUT2D eigenvalue weighted by Crippen LogP contribution is 2.37. The molecule has 0 saturated carbocycles. The smallest absolute Gasteiger partial charge is 0.320 e. The van der Waals surface area contributed by atoms with Crippen LogP contribution in [0.3, 0.4) is 0 Å². The zero-order valence-corrected chi connectivity index (χ0v) is 13.9. The van der Waals surface area contributed by atoms with Crippen LogP contribution in [-0.2, 0) is 4.79 Å². The zero-order valence-electron chi connectivity index (χ0n) is 13.0. The van der Waals surface area contributed by atoms with Crippen LogP contribution < -0.4 is 0 Å². The Balaban J connectivity index is 2.05. The van der Waals surface area contributed by atoms with E-state index in [0.717, 1.165) is 35.4 Å². The molecule has 3 rings (SSSR count). The van der Waals surface area contributed by atoms with Gasteiger partial charge in [0.25, 0.3) is 0 Å². The van der Waals surface area contributed by atoms with Crippen molar-refractivity contribution in [1.29, 1.82) is 0 Å². The van der Waals surface area contributed by atoms with Crippen molar-refractivity contribution in [2.24, 2.45) is 0 Å². The topological polar surface area (TPSA) is 40.5 Å². The third-order valence-electron chi connectivity index (χ3n) is 4.35. The van der Waals surface area contributed by atoms with E-state index in [0.29, 0.717) is 6.42 Å². The van der Waals surface area contributed by atoms with Crippen molar-refractivity contribution < 1.29 is 14.3 Å². The van der Waals surface area contributed by atoms with Gasteiger partial charge in [0, 0.05) is 4.88 Å². The van der Waals surface area contributed by atoms with Crippen LogP contribution in [0.2, 0.25) is 0 Å². The van der Waals surface area contributed by atoms with Crippen molar-refractivity contribution in [2.75, 3.05) is 6.54 Å². The van der Waals surface area contributed by atoms with Gasteiger partial charge in [0.1, 0.15) is 11.9 Å². The van der Waals surface area contributed by atoms with Crippen LogP contribution >= 0.6 is 11.3 Å². The number of thiophene rings is 1. The van der Waals surface area contributed by atoms with Gasteiger partial charge in [-0.25, -0.2) is 4.39 Å². The van der Waals surface area contributed by atoms with Gasteiger partial charge in [0.2, 0.25) is 0 Å². The van der Waals surface area contributed by atoms with E-state index in [1.807, 2.05) is 17.9 Å². The van der Waals surface area contributed by atoms with E-state index in [-0.39, 0.29) is 11.9 Å². The minimum absolute atomic E-state index is 0.203. The molecule has 2 unspecified atom stereocenters. The van der Waals surface area contributed by atoms with Crippen LogP contribution in [0, 0.1) is 12.7 Å². The molecule has 1 aliphatic rings. The lowest BCUT2D eigenvalue weighted by Gasteiger charge is -2.39. The van der Waals surface area contributed by atoms with Crippen molar-refractivity contribution in [3.05, 3.63) is 57.5 Å². The maximum Gasteiger partial charge on any atom is 0.320 e. The number of rotatable bonds is 4. The molecule has 0 amide bonds. The Labute approximate surface area is 139 Å². The molecule has 2 heterocycles. The maximum absolute atomic E-state index is 13.7. The van der Waals surface area contributed by atoms with Gasteiger partial charge < -0.3 is 5.11 Å². The van der Waals surface area contributed by atoms with Gasteiger partial charge in [-0.1, -0.05) is 18.6 Å². The van der Waals surface area contributed by atoms with E-state index >= 15 is 0 Å². The minimum Gasteiger partial charge on any atom is -0.480 e. The lowest BCUT2D eigenvalue weighted by Crippen LogP contribution is -2.46. The Morgan fingerprint density at radius 3 is 2.87 bits per heavy atom. The summed E-state index contributed by atoms with van der Waals surface area (Å²) in [7, 11) is 0. The molecule has 1 N–H and O–H groups in total. The standard InChI is InChI=1S/C18H20FNO2S/c1-12-9-16(23-11-12)17(13-5-4-6-14(19)10-13)20-8-3-2-7-15(20)18(21)22/h4-6,9-11,15,17H,2-3,7-8H2,1H3,(H,21,22). The lowest BCUT2D eigenvalue weighted by atomic mass is 9.95. The number of benzene rings is 1. The van der Waals surface area contributed by atoms with E-state index < -0.39 is 12.0 Å². The van der Waals surface area contributed by atoms with E-state index in [9.17, 15) is 14.3 Å². The molecule has 0 bridgehead atoms. The number of likely N-dealkylation sites (tertiary alicyclic amines) is 1. The minimum atomic E-state index is -0.792. The molecule has 1 saturated heterocycles. The molecule has 23 heavy (non-hydrogen) atoms. The number of halogens is 1. The molecule has 0 aliphatic carbocycles. The molecular weight excluding hydrogens is 313 g/mol. The first-order valence-corrected chi connectivity index (χ1v) is 8.73. The number of carboxylic acid groups (broad SMARTS) is 1. The summed E-state index contributed by atoms with van der Waals surface area (Å²) in [6.07, 6.45) is 2.54. The third kappa shape index (κ3) is 3.46. The van der Waals surface area contributed by atoms with E-state index in [2.05, 4.69) is 11.4 Å². The molecule has 0 radical (unpaired) electrons. The lowest BCUT2D eigenvalue weighted by molar-refractivity contribution is -0.145. The second-order valence-corrected chi connectivity index (χ2v) is 7.01. The van der Waals surface area contributed by atoms with Gasteiger partial charge in [-0.15, -0.1) is 11.3 Å². The second kappa shape index (κ2) is 6.81. The van der Waals surface area contributed by atoms with Crippen LogP contribution in [0.4, 0.5) is 4.39 Å². The number of aliphatic carboxylic acids is 1. The summed E-state index contributed by atoms with van der Waals surface area (Å²) in [5.41, 5.74) is 1.97. The number of aryl methyl sites for hydroxylation is 1. The van der Waals surface area contributed by atoms with Crippen molar-refractivity contribution >= 4 is 17.3 Å². The summed E-state index contributed by atoms with van der Waals surface area (Å²) in [6.45, 7) is 2.74. The quantitative estimate of drug-likeness (QED) is 0.910. The second-order valence-electron chi connectivity index (χ2n) is 6.07. The number of carbonyl (C=O) groups is 1. The van der Waals surface area contributed by atoms with Crippen molar-refractivity contribution in [3.63, 3.8) is 0 Å².